The number of hydrogen-bond acceptors (Lipinski definition) is 4. The van der Waals surface area contributed by atoms with Crippen LogP contribution in [0.15, 0.2) is 0 Å². The molecule has 6 heteroatoms. The number of carbonyl (C=O) groups excluding carboxylic acids is 1. The summed E-state index contributed by atoms with van der Waals surface area (Å²) in [6.07, 6.45) is 3.23. The number of nitrogens with two attached hydrogens (primary N) is 1. The second kappa shape index (κ2) is 7.47. The molecule has 2 aliphatic rings. The highest BCUT2D eigenvalue weighted by molar-refractivity contribution is 5.88. The maximum atomic E-state index is 12.6. The average Bonchev–Trinajstić information content (AvgIpc) is 3.26. The molecule has 5 nitrogen and oxygen atoms in total. The van der Waals surface area contributed by atoms with Crippen molar-refractivity contribution in [2.75, 3.05) is 33.4 Å². The number of likely N-dealkylation sites (N-methyl/N-ethyl adjacent to an activating group) is 1. The Morgan fingerprint density at radius 3 is 2.50 bits per heavy atom. The lowest BCUT2D eigenvalue weighted by atomic mass is 9.54. The minimum Gasteiger partial charge on any atom is -0.379 e. The highest BCUT2D eigenvalue weighted by Crippen LogP contribution is 2.50. The topological polar surface area (TPSA) is 64.8 Å². The molecule has 2 unspecified atom stereocenters. The van der Waals surface area contributed by atoms with Crippen LogP contribution in [0.4, 0.5) is 0 Å². The Morgan fingerprint density at radius 1 is 1.36 bits per heavy atom. The van der Waals surface area contributed by atoms with Crippen LogP contribution >= 0.6 is 12.4 Å². The summed E-state index contributed by atoms with van der Waals surface area (Å²) in [6.45, 7) is 8.68. The van der Waals surface area contributed by atoms with Gasteiger partial charge in [0.1, 0.15) is 5.54 Å². The first kappa shape index (κ1) is 19.7. The number of rotatable bonds is 8. The monoisotopic (exact) mass is 334 g/mol. The maximum absolute atomic E-state index is 12.6. The first-order chi connectivity index (χ1) is 9.83. The summed E-state index contributed by atoms with van der Waals surface area (Å²) in [5, 5.41) is 0. The highest BCUT2D eigenvalue weighted by atomic mass is 35.5. The molecule has 1 amide bonds. The van der Waals surface area contributed by atoms with Gasteiger partial charge in [-0.25, -0.2) is 0 Å². The Balaban J connectivity index is 0.00000242. The van der Waals surface area contributed by atoms with E-state index in [0.29, 0.717) is 26.2 Å². The normalized spacial score (nSPS) is 29.4. The van der Waals surface area contributed by atoms with Crippen LogP contribution in [0.1, 0.15) is 40.0 Å². The lowest BCUT2D eigenvalue weighted by Gasteiger charge is -2.58. The summed E-state index contributed by atoms with van der Waals surface area (Å²) >= 11 is 0. The van der Waals surface area contributed by atoms with Gasteiger partial charge in [0, 0.05) is 38.6 Å². The maximum Gasteiger partial charge on any atom is 0.243 e. The van der Waals surface area contributed by atoms with E-state index in [0.717, 1.165) is 12.5 Å². The van der Waals surface area contributed by atoms with Crippen LogP contribution in [0.3, 0.4) is 0 Å². The van der Waals surface area contributed by atoms with Crippen LogP contribution in [0.25, 0.3) is 0 Å². The minimum atomic E-state index is -0.821. The molecule has 2 fully saturated rings. The van der Waals surface area contributed by atoms with Gasteiger partial charge in [0.25, 0.3) is 0 Å². The molecule has 2 N–H and O–H groups in total. The van der Waals surface area contributed by atoms with Crippen LogP contribution in [0.5, 0.6) is 0 Å². The Labute approximate surface area is 140 Å². The van der Waals surface area contributed by atoms with E-state index in [4.69, 9.17) is 15.2 Å². The molecule has 0 aromatic heterocycles. The summed E-state index contributed by atoms with van der Waals surface area (Å²) in [7, 11) is 1.81. The SMILES string of the molecule is CCOC1CC(N)(C(=O)N(C)CCOCC2CC2)C1(C)C.Cl. The molecule has 0 aromatic carbocycles. The second-order valence-corrected chi connectivity index (χ2v) is 7.09. The largest absolute Gasteiger partial charge is 0.379 e. The molecule has 2 saturated carbocycles. The van der Waals surface area contributed by atoms with E-state index in [-0.39, 0.29) is 29.8 Å². The predicted octanol–water partition coefficient (Wildman–Crippen LogP) is 1.83. The van der Waals surface area contributed by atoms with Crippen molar-refractivity contribution in [1.29, 1.82) is 0 Å². The molecule has 2 atom stereocenters. The third-order valence-electron chi connectivity index (χ3n) is 5.18. The summed E-state index contributed by atoms with van der Waals surface area (Å²) < 4.78 is 11.3. The van der Waals surface area contributed by atoms with E-state index < -0.39 is 5.54 Å². The molecule has 2 aliphatic carbocycles. The van der Waals surface area contributed by atoms with Crippen LogP contribution < -0.4 is 5.73 Å². The van der Waals surface area contributed by atoms with Crippen molar-refractivity contribution < 1.29 is 14.3 Å². The minimum absolute atomic E-state index is 0. The predicted molar refractivity (Wildman–Crippen MR) is 89.2 cm³/mol. The molecule has 22 heavy (non-hydrogen) atoms. The molecular weight excluding hydrogens is 304 g/mol. The summed E-state index contributed by atoms with van der Waals surface area (Å²) in [5.74, 6) is 0.753. The van der Waals surface area contributed by atoms with Crippen LogP contribution in [0, 0.1) is 11.3 Å². The molecule has 0 bridgehead atoms. The molecule has 0 heterocycles. The number of nitrogens with zero attached hydrogens (tertiary/aromatic N) is 1. The fourth-order valence-electron chi connectivity index (χ4n) is 2.98. The van der Waals surface area contributed by atoms with Crippen molar-refractivity contribution >= 4 is 18.3 Å². The van der Waals surface area contributed by atoms with Gasteiger partial charge < -0.3 is 20.1 Å². The standard InChI is InChI=1S/C16H30N2O3.ClH/c1-5-21-13-10-16(17,15(13,2)3)14(19)18(4)8-9-20-11-12-6-7-12;/h12-13H,5-11,17H2,1-4H3;1H. The second-order valence-electron chi connectivity index (χ2n) is 7.09. The third kappa shape index (κ3) is 3.75. The van der Waals surface area contributed by atoms with Crippen molar-refractivity contribution in [2.45, 2.75) is 51.7 Å². The van der Waals surface area contributed by atoms with Gasteiger partial charge in [-0.2, -0.15) is 0 Å². The zero-order valence-electron chi connectivity index (χ0n) is 14.3. The van der Waals surface area contributed by atoms with Crippen molar-refractivity contribution in [3.63, 3.8) is 0 Å². The van der Waals surface area contributed by atoms with Crippen molar-refractivity contribution in [3.05, 3.63) is 0 Å². The van der Waals surface area contributed by atoms with Gasteiger partial charge in [0.2, 0.25) is 5.91 Å². The number of halogens is 1. The molecule has 0 aliphatic heterocycles. The van der Waals surface area contributed by atoms with Gasteiger partial charge in [0.05, 0.1) is 12.7 Å². The van der Waals surface area contributed by atoms with Crippen LogP contribution in [0.2, 0.25) is 0 Å². The van der Waals surface area contributed by atoms with E-state index in [9.17, 15) is 4.79 Å². The van der Waals surface area contributed by atoms with Gasteiger partial charge in [-0.05, 0) is 25.7 Å². The first-order valence-electron chi connectivity index (χ1n) is 8.06. The highest BCUT2D eigenvalue weighted by Gasteiger charge is 2.63. The quantitative estimate of drug-likeness (QED) is 0.688. The van der Waals surface area contributed by atoms with E-state index >= 15 is 0 Å². The van der Waals surface area contributed by atoms with E-state index in [1.165, 1.54) is 12.8 Å². The van der Waals surface area contributed by atoms with E-state index in [1.807, 2.05) is 27.8 Å². The zero-order chi connectivity index (χ0) is 15.7. The Bertz CT molecular complexity index is 388. The molecule has 0 radical (unpaired) electrons. The number of hydrogen-bond donors (Lipinski definition) is 1. The van der Waals surface area contributed by atoms with Crippen LogP contribution in [-0.4, -0.2) is 55.9 Å². The summed E-state index contributed by atoms with van der Waals surface area (Å²) in [6, 6.07) is 0. The number of carbonyl (C=O) groups is 1. The molecule has 0 saturated heterocycles. The lowest BCUT2D eigenvalue weighted by molar-refractivity contribution is -0.178. The molecular formula is C16H31ClN2O3. The molecule has 130 valence electrons. The number of amides is 1. The van der Waals surface area contributed by atoms with Gasteiger partial charge in [0.15, 0.2) is 0 Å². The fourth-order valence-corrected chi connectivity index (χ4v) is 2.98. The lowest BCUT2D eigenvalue weighted by Crippen LogP contribution is -2.75. The van der Waals surface area contributed by atoms with Crippen molar-refractivity contribution in [1.82, 2.24) is 4.90 Å². The average molecular weight is 335 g/mol. The van der Waals surface area contributed by atoms with Crippen LogP contribution in [-0.2, 0) is 14.3 Å². The fraction of sp³-hybridized carbons (Fsp3) is 0.938. The first-order valence-corrected chi connectivity index (χ1v) is 8.06. The van der Waals surface area contributed by atoms with Gasteiger partial charge in [-0.15, -0.1) is 12.4 Å². The number of ether oxygens (including phenoxy) is 2. The zero-order valence-corrected chi connectivity index (χ0v) is 15.1. The Morgan fingerprint density at radius 2 is 2.00 bits per heavy atom. The molecule has 0 spiro atoms. The summed E-state index contributed by atoms with van der Waals surface area (Å²) in [4.78, 5) is 14.3. The third-order valence-corrected chi connectivity index (χ3v) is 5.18. The molecule has 0 aromatic rings. The Kier molecular flexibility index (Phi) is 6.69. The Hall–Kier alpha value is -0.360. The summed E-state index contributed by atoms with van der Waals surface area (Å²) in [5.41, 5.74) is 5.24. The molecule has 2 rings (SSSR count). The van der Waals surface area contributed by atoms with E-state index in [1.54, 1.807) is 4.90 Å². The van der Waals surface area contributed by atoms with E-state index in [2.05, 4.69) is 0 Å². The van der Waals surface area contributed by atoms with Gasteiger partial charge >= 0.3 is 0 Å². The van der Waals surface area contributed by atoms with Crippen molar-refractivity contribution in [2.24, 2.45) is 17.1 Å². The van der Waals surface area contributed by atoms with Gasteiger partial charge in [-0.1, -0.05) is 13.8 Å². The van der Waals surface area contributed by atoms with Crippen molar-refractivity contribution in [3.8, 4) is 0 Å². The van der Waals surface area contributed by atoms with Gasteiger partial charge in [-0.3, -0.25) is 4.79 Å². The smallest absolute Gasteiger partial charge is 0.243 e.